The molecule has 1 N–H and O–H groups in total. The lowest BCUT2D eigenvalue weighted by Crippen LogP contribution is -2.09. The summed E-state index contributed by atoms with van der Waals surface area (Å²) in [7, 11) is 0. The number of hydrogen-bond donors (Lipinski definition) is 1. The predicted molar refractivity (Wildman–Crippen MR) is 92.0 cm³/mol. The van der Waals surface area contributed by atoms with Crippen LogP contribution in [0.15, 0.2) is 53.6 Å². The zero-order valence-corrected chi connectivity index (χ0v) is 13.9. The summed E-state index contributed by atoms with van der Waals surface area (Å²) in [4.78, 5) is 0. The first-order valence-corrected chi connectivity index (χ1v) is 7.72. The maximum Gasteiger partial charge on any atom is 0.417 e. The third-order valence-corrected chi connectivity index (χ3v) is 3.80. The Hall–Kier alpha value is -2.74. The van der Waals surface area contributed by atoms with Gasteiger partial charge in [-0.3, -0.25) is 0 Å². The van der Waals surface area contributed by atoms with Crippen molar-refractivity contribution < 1.29 is 13.2 Å². The molecular formula is C17H13F3N4S. The molecule has 0 spiro atoms. The molecule has 0 saturated heterocycles. The number of halogens is 3. The number of benzene rings is 2. The van der Waals surface area contributed by atoms with E-state index in [1.54, 1.807) is 0 Å². The van der Waals surface area contributed by atoms with E-state index in [1.807, 2.05) is 31.2 Å². The van der Waals surface area contributed by atoms with E-state index in [1.165, 1.54) is 22.9 Å². The van der Waals surface area contributed by atoms with Crippen LogP contribution < -0.4 is 0 Å². The van der Waals surface area contributed by atoms with Crippen molar-refractivity contribution in [2.24, 2.45) is 5.10 Å². The highest BCUT2D eigenvalue weighted by molar-refractivity contribution is 7.71. The topological polar surface area (TPSA) is 46.0 Å². The second kappa shape index (κ2) is 6.64. The molecule has 0 aliphatic heterocycles. The molecule has 0 amide bonds. The summed E-state index contributed by atoms with van der Waals surface area (Å²) in [5.41, 5.74) is 1.02. The van der Waals surface area contributed by atoms with Crippen molar-refractivity contribution in [1.82, 2.24) is 14.9 Å². The van der Waals surface area contributed by atoms with E-state index in [2.05, 4.69) is 15.3 Å². The molecule has 25 heavy (non-hydrogen) atoms. The molecule has 1 heterocycles. The van der Waals surface area contributed by atoms with E-state index < -0.39 is 11.7 Å². The standard InChI is InChI=1S/C17H13F3N4S/c1-11-6-8-12(9-7-11)15-22-23-16(25)24(15)21-10-13-4-2-3-5-14(13)17(18,19)20/h2-10H,1H3,(H,23,25)/b21-10-. The van der Waals surface area contributed by atoms with Gasteiger partial charge in [-0.15, -0.1) is 0 Å². The van der Waals surface area contributed by atoms with Gasteiger partial charge in [0.15, 0.2) is 5.82 Å². The molecule has 0 unspecified atom stereocenters. The Bertz CT molecular complexity index is 969. The minimum atomic E-state index is -4.46. The zero-order chi connectivity index (χ0) is 18.0. The monoisotopic (exact) mass is 362 g/mol. The van der Waals surface area contributed by atoms with Crippen LogP contribution >= 0.6 is 12.2 Å². The van der Waals surface area contributed by atoms with Crippen molar-refractivity contribution in [3.8, 4) is 11.4 Å². The van der Waals surface area contributed by atoms with Gasteiger partial charge in [-0.25, -0.2) is 5.10 Å². The van der Waals surface area contributed by atoms with Gasteiger partial charge in [0.05, 0.1) is 11.8 Å². The molecule has 0 atom stereocenters. The van der Waals surface area contributed by atoms with E-state index >= 15 is 0 Å². The van der Waals surface area contributed by atoms with Gasteiger partial charge in [-0.1, -0.05) is 48.0 Å². The summed E-state index contributed by atoms with van der Waals surface area (Å²) in [6.07, 6.45) is -3.33. The van der Waals surface area contributed by atoms with Crippen LogP contribution in [0.4, 0.5) is 13.2 Å². The van der Waals surface area contributed by atoms with Crippen LogP contribution in [0.2, 0.25) is 0 Å². The smallest absolute Gasteiger partial charge is 0.250 e. The minimum absolute atomic E-state index is 0.0482. The molecule has 8 heteroatoms. The van der Waals surface area contributed by atoms with E-state index in [4.69, 9.17) is 12.2 Å². The van der Waals surface area contributed by atoms with E-state index in [0.29, 0.717) is 5.82 Å². The lowest BCUT2D eigenvalue weighted by Gasteiger charge is -2.09. The van der Waals surface area contributed by atoms with Crippen LogP contribution in [-0.4, -0.2) is 21.1 Å². The summed E-state index contributed by atoms with van der Waals surface area (Å²) in [6.45, 7) is 1.95. The SMILES string of the molecule is Cc1ccc(-c2n[nH]c(=S)n2/N=C\c2ccccc2C(F)(F)F)cc1. The first kappa shape index (κ1) is 17.1. The van der Waals surface area contributed by atoms with Crippen LogP contribution in [0.5, 0.6) is 0 Å². The second-order valence-corrected chi connectivity index (χ2v) is 5.75. The highest BCUT2D eigenvalue weighted by Gasteiger charge is 2.32. The summed E-state index contributed by atoms with van der Waals surface area (Å²) < 4.78 is 40.7. The van der Waals surface area contributed by atoms with Crippen LogP contribution in [0.3, 0.4) is 0 Å². The first-order valence-electron chi connectivity index (χ1n) is 7.31. The summed E-state index contributed by atoms with van der Waals surface area (Å²) in [5.74, 6) is 0.422. The Morgan fingerprint density at radius 2 is 1.80 bits per heavy atom. The van der Waals surface area contributed by atoms with Gasteiger partial charge >= 0.3 is 6.18 Å². The normalized spacial score (nSPS) is 12.0. The predicted octanol–water partition coefficient (Wildman–Crippen LogP) is 4.82. The molecular weight excluding hydrogens is 349 g/mol. The average Bonchev–Trinajstić information content (AvgIpc) is 2.94. The van der Waals surface area contributed by atoms with Crippen LogP contribution in [-0.2, 0) is 6.18 Å². The fourth-order valence-electron chi connectivity index (χ4n) is 2.28. The Morgan fingerprint density at radius 3 is 2.48 bits per heavy atom. The highest BCUT2D eigenvalue weighted by Crippen LogP contribution is 2.31. The fraction of sp³-hybridized carbons (Fsp3) is 0.118. The third-order valence-electron chi connectivity index (χ3n) is 3.54. The van der Waals surface area contributed by atoms with Crippen molar-refractivity contribution in [2.75, 3.05) is 0 Å². The number of H-pyrrole nitrogens is 1. The molecule has 0 aliphatic rings. The van der Waals surface area contributed by atoms with Crippen molar-refractivity contribution in [3.05, 3.63) is 70.0 Å². The molecule has 0 fully saturated rings. The Morgan fingerprint density at radius 1 is 1.12 bits per heavy atom. The number of rotatable bonds is 3. The van der Waals surface area contributed by atoms with E-state index in [-0.39, 0.29) is 10.3 Å². The maximum absolute atomic E-state index is 13.1. The number of aromatic amines is 1. The van der Waals surface area contributed by atoms with Crippen LogP contribution in [0, 0.1) is 11.7 Å². The first-order chi connectivity index (χ1) is 11.9. The molecule has 0 radical (unpaired) electrons. The third kappa shape index (κ3) is 3.69. The minimum Gasteiger partial charge on any atom is -0.250 e. The molecule has 128 valence electrons. The van der Waals surface area contributed by atoms with Gasteiger partial charge < -0.3 is 0 Å². The van der Waals surface area contributed by atoms with Gasteiger partial charge in [-0.05, 0) is 25.2 Å². The molecule has 3 rings (SSSR count). The largest absolute Gasteiger partial charge is 0.417 e. The second-order valence-electron chi connectivity index (χ2n) is 5.36. The van der Waals surface area contributed by atoms with Crippen LogP contribution in [0.1, 0.15) is 16.7 Å². The number of alkyl halides is 3. The lowest BCUT2D eigenvalue weighted by molar-refractivity contribution is -0.137. The summed E-state index contributed by atoms with van der Waals surface area (Å²) >= 11 is 5.13. The Kier molecular flexibility index (Phi) is 4.54. The molecule has 1 aromatic heterocycles. The van der Waals surface area contributed by atoms with E-state index in [9.17, 15) is 13.2 Å². The van der Waals surface area contributed by atoms with Gasteiger partial charge in [0, 0.05) is 11.1 Å². The molecule has 4 nitrogen and oxygen atoms in total. The van der Waals surface area contributed by atoms with Crippen LogP contribution in [0.25, 0.3) is 11.4 Å². The van der Waals surface area contributed by atoms with Crippen molar-refractivity contribution in [1.29, 1.82) is 0 Å². The van der Waals surface area contributed by atoms with Crippen molar-refractivity contribution in [3.63, 3.8) is 0 Å². The maximum atomic E-state index is 13.1. The number of nitrogens with zero attached hydrogens (tertiary/aromatic N) is 3. The van der Waals surface area contributed by atoms with E-state index in [0.717, 1.165) is 23.4 Å². The molecule has 0 bridgehead atoms. The highest BCUT2D eigenvalue weighted by atomic mass is 32.1. The number of nitrogens with one attached hydrogen (secondary N) is 1. The van der Waals surface area contributed by atoms with Gasteiger partial charge in [0.1, 0.15) is 0 Å². The van der Waals surface area contributed by atoms with Gasteiger partial charge in [0.2, 0.25) is 4.77 Å². The van der Waals surface area contributed by atoms with Gasteiger partial charge in [0.25, 0.3) is 0 Å². The molecule has 3 aromatic rings. The summed E-state index contributed by atoms with van der Waals surface area (Å²) in [5, 5.41) is 10.8. The lowest BCUT2D eigenvalue weighted by atomic mass is 10.1. The summed E-state index contributed by atoms with van der Waals surface area (Å²) in [6, 6.07) is 12.7. The van der Waals surface area contributed by atoms with Crippen molar-refractivity contribution >= 4 is 18.4 Å². The zero-order valence-electron chi connectivity index (χ0n) is 13.1. The van der Waals surface area contributed by atoms with Crippen molar-refractivity contribution in [2.45, 2.75) is 13.1 Å². The Balaban J connectivity index is 2.03. The molecule has 0 saturated carbocycles. The number of aryl methyl sites for hydroxylation is 1. The molecule has 2 aromatic carbocycles. The van der Waals surface area contributed by atoms with Gasteiger partial charge in [-0.2, -0.15) is 28.0 Å². The number of aromatic nitrogens is 3. The molecule has 0 aliphatic carbocycles. The fourth-order valence-corrected chi connectivity index (χ4v) is 2.46. The average molecular weight is 362 g/mol. The Labute approximate surface area is 146 Å². The quantitative estimate of drug-likeness (QED) is 0.536. The number of hydrogen-bond acceptors (Lipinski definition) is 3.